The topological polar surface area (TPSA) is 223 Å². The van der Waals surface area contributed by atoms with Gasteiger partial charge in [0.1, 0.15) is 24.4 Å². The Morgan fingerprint density at radius 3 is 1.36 bits per heavy atom. The standard InChI is InChI=1S/C36H62O17/c1-15-21(37)7-9-28(44-15)50-25-13-32(47-17(3)33(25)41)51-26-14-31(46-18(4)34(26)42)49-24-8-10-29(45-16(24)2)52-36-20(6)48-30(12-23(36)39)53-35-19(5)43-27(40)11-22(35)38/h15-42H,7-14H2,1-6H3/t15-,16-,17+,18+,19+,20+,21-,22+,23+,24-,25+,26+,27+,28-,29-,30-,31-,32-,33+,34+,35+,36+/m0/s1. The van der Waals surface area contributed by atoms with Gasteiger partial charge in [-0.15, -0.1) is 0 Å². The van der Waals surface area contributed by atoms with Crippen LogP contribution < -0.4 is 0 Å². The van der Waals surface area contributed by atoms with Crippen molar-refractivity contribution in [2.45, 2.75) is 228 Å². The van der Waals surface area contributed by atoms with Crippen molar-refractivity contribution in [3.05, 3.63) is 0 Å². The molecule has 17 heteroatoms. The van der Waals surface area contributed by atoms with E-state index in [0.717, 1.165) is 0 Å². The van der Waals surface area contributed by atoms with E-state index in [9.17, 15) is 30.6 Å². The normalized spacial score (nSPS) is 53.0. The number of hydrogen-bond donors (Lipinski definition) is 6. The van der Waals surface area contributed by atoms with Crippen molar-refractivity contribution >= 4 is 0 Å². The SMILES string of the molecule is C[C@@H]1O[C@@H](O[C@H]2[C@H](O)C[C@H](O[C@H]3[C@H](O)C[C@H](O)O[C@@H]3C)O[C@@H]2C)CC[C@@H]1O[C@H]1C[C@@H](O[C@H]2C[C@@H](O[C@H]3CC[C@H](O)[C@H](C)O3)[C@H](O)[C@@H](C)O2)[C@H](O)[C@@H](C)O1. The van der Waals surface area contributed by atoms with Crippen molar-refractivity contribution < 1.29 is 82.7 Å². The Bertz CT molecular complexity index is 1110. The second kappa shape index (κ2) is 18.3. The van der Waals surface area contributed by atoms with Crippen LogP contribution in [0.25, 0.3) is 0 Å². The van der Waals surface area contributed by atoms with E-state index in [1.165, 1.54) is 0 Å². The van der Waals surface area contributed by atoms with Gasteiger partial charge < -0.3 is 82.7 Å². The lowest BCUT2D eigenvalue weighted by Gasteiger charge is -2.45. The maximum Gasteiger partial charge on any atom is 0.161 e. The summed E-state index contributed by atoms with van der Waals surface area (Å²) in [6.45, 7) is 10.6. The fourth-order valence-electron chi connectivity index (χ4n) is 8.19. The van der Waals surface area contributed by atoms with E-state index < -0.39 is 117 Å². The molecule has 6 aliphatic heterocycles. The highest BCUT2D eigenvalue weighted by Gasteiger charge is 2.46. The molecule has 0 unspecified atom stereocenters. The Labute approximate surface area is 310 Å². The number of hydrogen-bond acceptors (Lipinski definition) is 17. The van der Waals surface area contributed by atoms with E-state index in [4.69, 9.17) is 52.1 Å². The molecule has 0 spiro atoms. The minimum absolute atomic E-state index is 0.0246. The smallest absolute Gasteiger partial charge is 0.161 e. The van der Waals surface area contributed by atoms with Crippen LogP contribution in [0.2, 0.25) is 0 Å². The third-order valence-electron chi connectivity index (χ3n) is 11.4. The minimum atomic E-state index is -1.06. The molecule has 0 aromatic rings. The molecule has 6 saturated heterocycles. The van der Waals surface area contributed by atoms with E-state index in [-0.39, 0.29) is 44.0 Å². The summed E-state index contributed by atoms with van der Waals surface area (Å²) in [6.07, 6.45) is -12.1. The minimum Gasteiger partial charge on any atom is -0.390 e. The average molecular weight is 767 g/mol. The van der Waals surface area contributed by atoms with Gasteiger partial charge in [0.05, 0.1) is 73.2 Å². The van der Waals surface area contributed by atoms with Crippen LogP contribution in [0, 0.1) is 0 Å². The summed E-state index contributed by atoms with van der Waals surface area (Å²) < 4.78 is 66.4. The zero-order valence-corrected chi connectivity index (χ0v) is 31.5. The molecule has 0 aromatic carbocycles. The first kappa shape index (κ1) is 41.9. The summed E-state index contributed by atoms with van der Waals surface area (Å²) >= 11 is 0. The predicted octanol–water partition coefficient (Wildman–Crippen LogP) is 0.299. The summed E-state index contributed by atoms with van der Waals surface area (Å²) in [4.78, 5) is 0. The van der Waals surface area contributed by atoms with Crippen molar-refractivity contribution in [1.82, 2.24) is 0 Å². The maximum atomic E-state index is 11.0. The highest BCUT2D eigenvalue weighted by Crippen LogP contribution is 2.35. The van der Waals surface area contributed by atoms with E-state index >= 15 is 0 Å². The van der Waals surface area contributed by atoms with Crippen LogP contribution in [-0.4, -0.2) is 166 Å². The fourth-order valence-corrected chi connectivity index (χ4v) is 8.19. The summed E-state index contributed by atoms with van der Waals surface area (Å²) in [6, 6.07) is 0. The van der Waals surface area contributed by atoms with Crippen LogP contribution in [0.5, 0.6) is 0 Å². The Hall–Kier alpha value is -0.680. The lowest BCUT2D eigenvalue weighted by molar-refractivity contribution is -0.340. The highest BCUT2D eigenvalue weighted by molar-refractivity contribution is 4.89. The molecule has 17 nitrogen and oxygen atoms in total. The second-order valence-electron chi connectivity index (χ2n) is 15.7. The molecular formula is C36H62O17. The molecular weight excluding hydrogens is 704 g/mol. The van der Waals surface area contributed by atoms with Crippen LogP contribution in [0.1, 0.15) is 92.9 Å². The Balaban J connectivity index is 0.960. The van der Waals surface area contributed by atoms with Crippen molar-refractivity contribution in [2.75, 3.05) is 0 Å². The van der Waals surface area contributed by atoms with Gasteiger partial charge in [0.25, 0.3) is 0 Å². The van der Waals surface area contributed by atoms with Crippen molar-refractivity contribution in [1.29, 1.82) is 0 Å². The zero-order valence-electron chi connectivity index (χ0n) is 31.5. The maximum absolute atomic E-state index is 11.0. The van der Waals surface area contributed by atoms with Crippen LogP contribution in [0.15, 0.2) is 0 Å². The molecule has 6 rings (SSSR count). The predicted molar refractivity (Wildman–Crippen MR) is 180 cm³/mol. The largest absolute Gasteiger partial charge is 0.390 e. The molecule has 0 aromatic heterocycles. The third kappa shape index (κ3) is 10.4. The Morgan fingerprint density at radius 2 is 0.792 bits per heavy atom. The lowest BCUT2D eigenvalue weighted by atomic mass is 9.99. The summed E-state index contributed by atoms with van der Waals surface area (Å²) in [5, 5.41) is 63.0. The van der Waals surface area contributed by atoms with Gasteiger partial charge in [0.2, 0.25) is 0 Å². The Morgan fingerprint density at radius 1 is 0.358 bits per heavy atom. The lowest BCUT2D eigenvalue weighted by Crippen LogP contribution is -2.56. The monoisotopic (exact) mass is 766 g/mol. The second-order valence-corrected chi connectivity index (χ2v) is 15.7. The van der Waals surface area contributed by atoms with Crippen LogP contribution >= 0.6 is 0 Å². The molecule has 0 aliphatic carbocycles. The molecule has 6 N–H and O–H groups in total. The molecule has 6 heterocycles. The van der Waals surface area contributed by atoms with Gasteiger partial charge in [0, 0.05) is 38.5 Å². The number of aliphatic hydroxyl groups excluding tert-OH is 6. The van der Waals surface area contributed by atoms with Crippen LogP contribution in [0.3, 0.4) is 0 Å². The van der Waals surface area contributed by atoms with Crippen LogP contribution in [-0.2, 0) is 52.1 Å². The van der Waals surface area contributed by atoms with Crippen molar-refractivity contribution in [3.63, 3.8) is 0 Å². The first-order valence-corrected chi connectivity index (χ1v) is 19.4. The van der Waals surface area contributed by atoms with Gasteiger partial charge in [0.15, 0.2) is 37.7 Å². The number of ether oxygens (including phenoxy) is 11. The molecule has 22 atom stereocenters. The molecule has 6 fully saturated rings. The highest BCUT2D eigenvalue weighted by atomic mass is 16.8. The van der Waals surface area contributed by atoms with Gasteiger partial charge in [-0.25, -0.2) is 0 Å². The first-order chi connectivity index (χ1) is 25.1. The quantitative estimate of drug-likeness (QED) is 0.176. The summed E-state index contributed by atoms with van der Waals surface area (Å²) in [5.74, 6) is 0. The first-order valence-electron chi connectivity index (χ1n) is 19.4. The van der Waals surface area contributed by atoms with Gasteiger partial charge >= 0.3 is 0 Å². The fraction of sp³-hybridized carbons (Fsp3) is 1.00. The molecule has 0 amide bonds. The van der Waals surface area contributed by atoms with Crippen molar-refractivity contribution in [2.24, 2.45) is 0 Å². The Kier molecular flexibility index (Phi) is 14.5. The van der Waals surface area contributed by atoms with E-state index in [1.54, 1.807) is 34.6 Å². The summed E-state index contributed by atoms with van der Waals surface area (Å²) in [5.41, 5.74) is 0. The summed E-state index contributed by atoms with van der Waals surface area (Å²) in [7, 11) is 0. The van der Waals surface area contributed by atoms with E-state index in [2.05, 4.69) is 0 Å². The van der Waals surface area contributed by atoms with Crippen molar-refractivity contribution in [3.8, 4) is 0 Å². The van der Waals surface area contributed by atoms with E-state index in [1.807, 2.05) is 6.92 Å². The molecule has 308 valence electrons. The third-order valence-corrected chi connectivity index (χ3v) is 11.4. The van der Waals surface area contributed by atoms with Gasteiger partial charge in [-0.05, 0) is 54.4 Å². The molecule has 6 aliphatic rings. The van der Waals surface area contributed by atoms with E-state index in [0.29, 0.717) is 25.7 Å². The van der Waals surface area contributed by atoms with Gasteiger partial charge in [-0.3, -0.25) is 0 Å². The average Bonchev–Trinajstić information content (AvgIpc) is 3.08. The zero-order chi connectivity index (χ0) is 38.1. The number of rotatable bonds is 10. The van der Waals surface area contributed by atoms with Gasteiger partial charge in [-0.2, -0.15) is 0 Å². The molecule has 0 bridgehead atoms. The molecule has 53 heavy (non-hydrogen) atoms. The molecule has 0 radical (unpaired) electrons. The van der Waals surface area contributed by atoms with Gasteiger partial charge in [-0.1, -0.05) is 0 Å². The number of aliphatic hydroxyl groups is 6. The molecule has 0 saturated carbocycles. The van der Waals surface area contributed by atoms with Crippen LogP contribution in [0.4, 0.5) is 0 Å².